The number of ether oxygens (including phenoxy) is 1. The highest BCUT2D eigenvalue weighted by Gasteiger charge is 2.19. The standard InChI is InChI=1S/C14H11ClN4O2/c1-20-11-7-10(16-8-17-11)13-18-14(21-19-13)12(15)9-5-3-2-4-6-9/h2-8,12H,1H3. The molecule has 0 saturated carbocycles. The first-order chi connectivity index (χ1) is 10.3. The van der Waals surface area contributed by atoms with Gasteiger partial charge < -0.3 is 9.26 Å². The number of alkyl halides is 1. The molecule has 7 heteroatoms. The maximum Gasteiger partial charge on any atom is 0.249 e. The first kappa shape index (κ1) is 13.5. The minimum Gasteiger partial charge on any atom is -0.481 e. The molecule has 0 saturated heterocycles. The summed E-state index contributed by atoms with van der Waals surface area (Å²) in [5.41, 5.74) is 1.39. The number of rotatable bonds is 4. The van der Waals surface area contributed by atoms with Crippen molar-refractivity contribution in [3.63, 3.8) is 0 Å². The molecule has 106 valence electrons. The fraction of sp³-hybridized carbons (Fsp3) is 0.143. The third kappa shape index (κ3) is 2.85. The second kappa shape index (κ2) is 5.88. The van der Waals surface area contributed by atoms with Gasteiger partial charge in [0.05, 0.1) is 7.11 Å². The molecule has 2 heterocycles. The van der Waals surface area contributed by atoms with Gasteiger partial charge in [0, 0.05) is 6.07 Å². The van der Waals surface area contributed by atoms with Crippen LogP contribution in [0.1, 0.15) is 16.8 Å². The van der Waals surface area contributed by atoms with E-state index in [-0.39, 0.29) is 0 Å². The van der Waals surface area contributed by atoms with E-state index in [0.29, 0.717) is 23.3 Å². The Morgan fingerprint density at radius 3 is 2.76 bits per heavy atom. The van der Waals surface area contributed by atoms with Crippen LogP contribution < -0.4 is 4.74 Å². The highest BCUT2D eigenvalue weighted by molar-refractivity contribution is 6.22. The first-order valence-corrected chi connectivity index (χ1v) is 6.60. The maximum absolute atomic E-state index is 6.34. The van der Waals surface area contributed by atoms with Gasteiger partial charge in [0.1, 0.15) is 17.4 Å². The number of benzene rings is 1. The lowest BCUT2D eigenvalue weighted by atomic mass is 10.1. The average molecular weight is 303 g/mol. The number of hydrogen-bond donors (Lipinski definition) is 0. The number of methoxy groups -OCH3 is 1. The minimum atomic E-state index is -0.504. The molecular formula is C14H11ClN4O2. The van der Waals surface area contributed by atoms with Crippen molar-refractivity contribution in [3.8, 4) is 17.4 Å². The van der Waals surface area contributed by atoms with Gasteiger partial charge in [0.15, 0.2) is 0 Å². The Kier molecular flexibility index (Phi) is 3.79. The fourth-order valence-electron chi connectivity index (χ4n) is 1.78. The fourth-order valence-corrected chi connectivity index (χ4v) is 2.01. The van der Waals surface area contributed by atoms with Crippen LogP contribution in [-0.4, -0.2) is 27.2 Å². The number of aromatic nitrogens is 4. The lowest BCUT2D eigenvalue weighted by molar-refractivity contribution is 0.382. The van der Waals surface area contributed by atoms with E-state index in [1.807, 2.05) is 30.3 Å². The zero-order chi connectivity index (χ0) is 14.7. The minimum absolute atomic E-state index is 0.315. The van der Waals surface area contributed by atoms with Crippen LogP contribution in [0.4, 0.5) is 0 Å². The zero-order valence-electron chi connectivity index (χ0n) is 11.1. The van der Waals surface area contributed by atoms with Crippen molar-refractivity contribution in [1.82, 2.24) is 20.1 Å². The average Bonchev–Trinajstić information content (AvgIpc) is 3.05. The van der Waals surface area contributed by atoms with Gasteiger partial charge in [0.25, 0.3) is 0 Å². The van der Waals surface area contributed by atoms with Crippen LogP contribution in [0.5, 0.6) is 5.88 Å². The smallest absolute Gasteiger partial charge is 0.249 e. The van der Waals surface area contributed by atoms with Gasteiger partial charge in [0.2, 0.25) is 17.6 Å². The quantitative estimate of drug-likeness (QED) is 0.690. The van der Waals surface area contributed by atoms with Crippen LogP contribution in [-0.2, 0) is 0 Å². The monoisotopic (exact) mass is 302 g/mol. The Morgan fingerprint density at radius 2 is 2.00 bits per heavy atom. The van der Waals surface area contributed by atoms with Crippen LogP contribution in [0.3, 0.4) is 0 Å². The molecule has 1 atom stereocenters. The van der Waals surface area contributed by atoms with Crippen LogP contribution in [0.2, 0.25) is 0 Å². The summed E-state index contributed by atoms with van der Waals surface area (Å²) in [6.07, 6.45) is 1.37. The molecule has 3 rings (SSSR count). The molecule has 1 aromatic carbocycles. The molecule has 6 nitrogen and oxygen atoms in total. The molecule has 0 bridgehead atoms. The summed E-state index contributed by atoms with van der Waals surface area (Å²) < 4.78 is 10.3. The summed E-state index contributed by atoms with van der Waals surface area (Å²) in [5.74, 6) is 1.08. The SMILES string of the molecule is COc1cc(-c2noc(C(Cl)c3ccccc3)n2)ncn1. The van der Waals surface area contributed by atoms with E-state index in [1.54, 1.807) is 6.07 Å². The largest absolute Gasteiger partial charge is 0.481 e. The Labute approximate surface area is 125 Å². The topological polar surface area (TPSA) is 73.9 Å². The highest BCUT2D eigenvalue weighted by atomic mass is 35.5. The van der Waals surface area contributed by atoms with Crippen LogP contribution in [0, 0.1) is 0 Å². The van der Waals surface area contributed by atoms with Gasteiger partial charge in [-0.2, -0.15) is 4.98 Å². The first-order valence-electron chi connectivity index (χ1n) is 6.17. The molecule has 0 spiro atoms. The van der Waals surface area contributed by atoms with E-state index in [2.05, 4.69) is 20.1 Å². The summed E-state index contributed by atoms with van der Waals surface area (Å²) in [6, 6.07) is 11.1. The molecule has 0 N–H and O–H groups in total. The van der Waals surface area contributed by atoms with Gasteiger partial charge >= 0.3 is 0 Å². The Balaban J connectivity index is 1.89. The van der Waals surface area contributed by atoms with Gasteiger partial charge in [-0.05, 0) is 5.56 Å². The number of hydrogen-bond acceptors (Lipinski definition) is 6. The molecular weight excluding hydrogens is 292 g/mol. The van der Waals surface area contributed by atoms with E-state index in [1.165, 1.54) is 13.4 Å². The second-order valence-electron chi connectivity index (χ2n) is 4.18. The van der Waals surface area contributed by atoms with Crippen LogP contribution >= 0.6 is 11.6 Å². The number of halogens is 1. The third-order valence-electron chi connectivity index (χ3n) is 2.83. The maximum atomic E-state index is 6.34. The van der Waals surface area contributed by atoms with Gasteiger partial charge in [-0.3, -0.25) is 0 Å². The molecule has 3 aromatic rings. The van der Waals surface area contributed by atoms with Gasteiger partial charge in [-0.15, -0.1) is 11.6 Å². The molecule has 0 aliphatic rings. The Bertz CT molecular complexity index is 733. The summed E-state index contributed by atoms with van der Waals surface area (Å²) in [6.45, 7) is 0. The zero-order valence-corrected chi connectivity index (χ0v) is 11.9. The normalized spacial score (nSPS) is 12.1. The van der Waals surface area contributed by atoms with Crippen molar-refractivity contribution in [3.05, 3.63) is 54.2 Å². The van der Waals surface area contributed by atoms with Crippen LogP contribution in [0.15, 0.2) is 47.2 Å². The van der Waals surface area contributed by atoms with Crippen molar-refractivity contribution in [1.29, 1.82) is 0 Å². The van der Waals surface area contributed by atoms with Gasteiger partial charge in [-0.25, -0.2) is 9.97 Å². The summed E-state index contributed by atoms with van der Waals surface area (Å²) >= 11 is 6.34. The summed E-state index contributed by atoms with van der Waals surface area (Å²) in [7, 11) is 1.53. The van der Waals surface area contributed by atoms with E-state index >= 15 is 0 Å². The molecule has 0 fully saturated rings. The third-order valence-corrected chi connectivity index (χ3v) is 3.27. The summed E-state index contributed by atoms with van der Waals surface area (Å²) in [4.78, 5) is 12.3. The Morgan fingerprint density at radius 1 is 1.19 bits per heavy atom. The summed E-state index contributed by atoms with van der Waals surface area (Å²) in [5, 5.41) is 3.39. The van der Waals surface area contributed by atoms with Crippen LogP contribution in [0.25, 0.3) is 11.5 Å². The number of nitrogens with zero attached hydrogens (tertiary/aromatic N) is 4. The second-order valence-corrected chi connectivity index (χ2v) is 4.61. The van der Waals surface area contributed by atoms with Crippen molar-refractivity contribution >= 4 is 11.6 Å². The molecule has 0 amide bonds. The van der Waals surface area contributed by atoms with E-state index in [0.717, 1.165) is 5.56 Å². The molecule has 0 aliphatic carbocycles. The molecule has 0 aliphatic heterocycles. The van der Waals surface area contributed by atoms with Crippen molar-refractivity contribution < 1.29 is 9.26 Å². The van der Waals surface area contributed by atoms with Gasteiger partial charge in [-0.1, -0.05) is 35.5 Å². The Hall–Kier alpha value is -2.47. The predicted molar refractivity (Wildman–Crippen MR) is 76.0 cm³/mol. The van der Waals surface area contributed by atoms with Crippen molar-refractivity contribution in [2.24, 2.45) is 0 Å². The molecule has 1 unspecified atom stereocenters. The molecule has 0 radical (unpaired) electrons. The van der Waals surface area contributed by atoms with E-state index < -0.39 is 5.38 Å². The molecule has 21 heavy (non-hydrogen) atoms. The van der Waals surface area contributed by atoms with Crippen molar-refractivity contribution in [2.75, 3.05) is 7.11 Å². The van der Waals surface area contributed by atoms with E-state index in [9.17, 15) is 0 Å². The lowest BCUT2D eigenvalue weighted by Crippen LogP contribution is -1.94. The van der Waals surface area contributed by atoms with E-state index in [4.69, 9.17) is 20.9 Å². The van der Waals surface area contributed by atoms with Crippen molar-refractivity contribution in [2.45, 2.75) is 5.38 Å². The highest BCUT2D eigenvalue weighted by Crippen LogP contribution is 2.28. The molecule has 2 aromatic heterocycles. The predicted octanol–water partition coefficient (Wildman–Crippen LogP) is 2.86. The lowest BCUT2D eigenvalue weighted by Gasteiger charge is -2.03.